The molecule has 2 saturated heterocycles. The van der Waals surface area contributed by atoms with Gasteiger partial charge in [-0.25, -0.2) is 5.90 Å². The number of nitrogens with two attached hydrogens (primary N) is 1. The Bertz CT molecular complexity index is 1860. The Kier molecular flexibility index (Phi) is 17.7. The van der Waals surface area contributed by atoms with Gasteiger partial charge in [-0.3, -0.25) is 33.8 Å². The van der Waals surface area contributed by atoms with Crippen molar-refractivity contribution in [2.24, 2.45) is 16.1 Å². The van der Waals surface area contributed by atoms with Crippen molar-refractivity contribution in [2.75, 3.05) is 91.2 Å². The van der Waals surface area contributed by atoms with E-state index in [-0.39, 0.29) is 46.0 Å². The Morgan fingerprint density at radius 3 is 1.90 bits per heavy atom. The number of halogens is 1. The first kappa shape index (κ1) is 45.2. The lowest BCUT2D eigenvalue weighted by Gasteiger charge is -2.26. The van der Waals surface area contributed by atoms with E-state index in [1.54, 1.807) is 42.5 Å². The zero-order chi connectivity index (χ0) is 42.1. The molecule has 2 unspecified atom stereocenters. The molecule has 0 bridgehead atoms. The highest BCUT2D eigenvalue weighted by Crippen LogP contribution is 2.32. The summed E-state index contributed by atoms with van der Waals surface area (Å²) in [6.45, 7) is 9.61. The topological polar surface area (TPSA) is 219 Å². The summed E-state index contributed by atoms with van der Waals surface area (Å²) in [5.74, 6) is 4.08. The number of carbonyl (C=O) groups excluding carboxylic acids is 4. The van der Waals surface area contributed by atoms with Gasteiger partial charge in [0.2, 0.25) is 6.04 Å². The summed E-state index contributed by atoms with van der Waals surface area (Å²) in [5, 5.41) is 26.6. The van der Waals surface area contributed by atoms with Crippen molar-refractivity contribution in [2.45, 2.75) is 38.5 Å². The number of rotatable bonds is 20. The van der Waals surface area contributed by atoms with Crippen LogP contribution in [-0.2, 0) is 30.5 Å². The number of hydrogen-bond acceptors (Lipinski definition) is 14. The van der Waals surface area contributed by atoms with Crippen LogP contribution in [0.4, 0.5) is 11.4 Å². The molecule has 0 spiro atoms. The fourth-order valence-corrected chi connectivity index (χ4v) is 6.84. The van der Waals surface area contributed by atoms with Crippen molar-refractivity contribution in [1.29, 1.82) is 0 Å². The minimum Gasteiger partial charge on any atom is -0.495 e. The van der Waals surface area contributed by atoms with Gasteiger partial charge >= 0.3 is 0 Å². The van der Waals surface area contributed by atoms with E-state index < -0.39 is 23.8 Å². The molecule has 18 heteroatoms. The maximum atomic E-state index is 13.5. The second-order valence-corrected chi connectivity index (χ2v) is 14.5. The fraction of sp³-hybridized carbons (Fsp3) is 0.463. The van der Waals surface area contributed by atoms with Crippen LogP contribution in [0.3, 0.4) is 0 Å². The van der Waals surface area contributed by atoms with Crippen molar-refractivity contribution in [1.82, 2.24) is 20.4 Å². The van der Waals surface area contributed by atoms with Crippen LogP contribution >= 0.6 is 11.6 Å². The second kappa shape index (κ2) is 23.1. The van der Waals surface area contributed by atoms with E-state index >= 15 is 0 Å². The van der Waals surface area contributed by atoms with Gasteiger partial charge in [0.05, 0.1) is 51.5 Å². The number of carbonyl (C=O) groups is 4. The lowest BCUT2D eigenvalue weighted by molar-refractivity contribution is -0.126. The van der Waals surface area contributed by atoms with Gasteiger partial charge < -0.3 is 35.3 Å². The number of ketones is 1. The van der Waals surface area contributed by atoms with Gasteiger partial charge in [-0.2, -0.15) is 10.2 Å². The molecule has 2 atom stereocenters. The van der Waals surface area contributed by atoms with Crippen LogP contribution in [0.15, 0.2) is 64.8 Å². The largest absolute Gasteiger partial charge is 0.495 e. The van der Waals surface area contributed by atoms with Gasteiger partial charge in [-0.05, 0) is 85.9 Å². The number of nitrogens with zero attached hydrogens (tertiary/aromatic N) is 4. The first-order chi connectivity index (χ1) is 28.6. The Labute approximate surface area is 348 Å². The van der Waals surface area contributed by atoms with E-state index in [0.717, 1.165) is 52.1 Å². The van der Waals surface area contributed by atoms with Crippen molar-refractivity contribution in [3.63, 3.8) is 0 Å². The van der Waals surface area contributed by atoms with Crippen LogP contribution in [0.5, 0.6) is 5.75 Å². The van der Waals surface area contributed by atoms with Gasteiger partial charge in [0.25, 0.3) is 17.7 Å². The molecule has 5 rings (SSSR count). The maximum Gasteiger partial charge on any atom is 0.258 e. The third-order valence-corrected chi connectivity index (χ3v) is 10.3. The average Bonchev–Trinajstić information content (AvgIpc) is 3.25. The molecule has 318 valence electrons. The third-order valence-electron chi connectivity index (χ3n) is 9.91. The molecule has 3 aromatic rings. The van der Waals surface area contributed by atoms with Crippen LogP contribution in [0.1, 0.15) is 63.3 Å². The van der Waals surface area contributed by atoms with Crippen LogP contribution in [0, 0.1) is 0 Å². The number of benzene rings is 3. The SMILES string of the molecule is COc1cc(Cl)c(CO)cc1NC(=O)C(N=Nc1ccc(C(ON)c2cc(C(=O)NCCCN3CCOCC3)cc(C(=O)NCCCN3CCOCC3)c2)cc1)C(C)=O. The molecule has 0 radical (unpaired) electrons. The molecule has 3 aromatic carbocycles. The summed E-state index contributed by atoms with van der Waals surface area (Å²) in [7, 11) is 1.39. The molecule has 2 aliphatic heterocycles. The van der Waals surface area contributed by atoms with Crippen LogP contribution < -0.4 is 26.6 Å². The molecular formula is C41H53ClN8O9. The van der Waals surface area contributed by atoms with E-state index in [4.69, 9.17) is 36.5 Å². The van der Waals surface area contributed by atoms with E-state index in [9.17, 15) is 24.3 Å². The van der Waals surface area contributed by atoms with Gasteiger partial charge in [-0.15, -0.1) is 0 Å². The minimum absolute atomic E-state index is 0.194. The summed E-state index contributed by atoms with van der Waals surface area (Å²) < 4.78 is 16.1. The third kappa shape index (κ3) is 13.3. The Morgan fingerprint density at radius 2 is 1.41 bits per heavy atom. The number of amides is 3. The Hall–Kier alpha value is -4.85. The first-order valence-electron chi connectivity index (χ1n) is 19.6. The number of aliphatic hydroxyl groups excluding tert-OH is 1. The minimum atomic E-state index is -1.50. The van der Waals surface area contributed by atoms with E-state index in [1.807, 2.05) is 0 Å². The first-order valence-corrected chi connectivity index (χ1v) is 19.9. The fourth-order valence-electron chi connectivity index (χ4n) is 6.62. The van der Waals surface area contributed by atoms with Gasteiger partial charge in [0.1, 0.15) is 11.9 Å². The van der Waals surface area contributed by atoms with Gasteiger partial charge in [-0.1, -0.05) is 23.7 Å². The molecule has 2 heterocycles. The summed E-state index contributed by atoms with van der Waals surface area (Å²) in [6, 6.07) is 12.8. The lowest BCUT2D eigenvalue weighted by Crippen LogP contribution is -2.38. The van der Waals surface area contributed by atoms with Crippen molar-refractivity contribution >= 4 is 46.5 Å². The maximum absolute atomic E-state index is 13.5. The highest BCUT2D eigenvalue weighted by atomic mass is 35.5. The quantitative estimate of drug-likeness (QED) is 0.0479. The Balaban J connectivity index is 1.29. The molecule has 3 amide bonds. The molecule has 2 aliphatic rings. The number of azo groups is 1. The number of Topliss-reactive ketones (excluding diaryl/α,β-unsaturated/α-hetero) is 1. The molecule has 0 aromatic heterocycles. The number of ether oxygens (including phenoxy) is 3. The smallest absolute Gasteiger partial charge is 0.258 e. The normalized spacial score (nSPS) is 16.0. The number of aliphatic hydroxyl groups is 1. The number of hydrogen-bond donors (Lipinski definition) is 5. The van der Waals surface area contributed by atoms with Crippen molar-refractivity contribution < 1.29 is 43.3 Å². The molecular weight excluding hydrogens is 784 g/mol. The van der Waals surface area contributed by atoms with Crippen LogP contribution in [-0.4, -0.2) is 130 Å². The number of anilines is 1. The molecule has 59 heavy (non-hydrogen) atoms. The zero-order valence-corrected chi connectivity index (χ0v) is 34.2. The van der Waals surface area contributed by atoms with Crippen LogP contribution in [0.25, 0.3) is 0 Å². The van der Waals surface area contributed by atoms with Gasteiger partial charge in [0, 0.05) is 61.5 Å². The summed E-state index contributed by atoms with van der Waals surface area (Å²) in [6.07, 6.45) is 0.609. The molecule has 0 saturated carbocycles. The number of nitrogens with one attached hydrogen (secondary N) is 3. The van der Waals surface area contributed by atoms with E-state index in [1.165, 1.54) is 26.2 Å². The highest BCUT2D eigenvalue weighted by Gasteiger charge is 2.25. The van der Waals surface area contributed by atoms with E-state index in [2.05, 4.69) is 36.0 Å². The standard InChI is InChI=1S/C41H53ClN8O9/c1-27(52)37(41(55)46-35-24-32(26-51)34(42)25-36(35)56-2)48-47-33-7-5-28(6-8-33)38(59-43)29-21-30(39(53)44-9-3-11-49-13-17-57-18-14-49)23-31(22-29)40(54)45-10-4-12-50-15-19-58-20-16-50/h5-8,21-25,37-38,51H,3-4,9-20,26,43H2,1-2H3,(H,44,53)(H,45,54)(H,46,55). The highest BCUT2D eigenvalue weighted by molar-refractivity contribution is 6.31. The number of morpholine rings is 2. The van der Waals surface area contributed by atoms with Crippen molar-refractivity contribution in [3.05, 3.63) is 87.4 Å². The zero-order valence-electron chi connectivity index (χ0n) is 33.4. The molecule has 17 nitrogen and oxygen atoms in total. The molecule has 2 fully saturated rings. The molecule has 6 N–H and O–H groups in total. The van der Waals surface area contributed by atoms with Crippen molar-refractivity contribution in [3.8, 4) is 5.75 Å². The van der Waals surface area contributed by atoms with E-state index in [0.29, 0.717) is 61.9 Å². The summed E-state index contributed by atoms with van der Waals surface area (Å²) in [5.41, 5.74) is 2.45. The summed E-state index contributed by atoms with van der Waals surface area (Å²) >= 11 is 6.15. The second-order valence-electron chi connectivity index (χ2n) is 14.1. The average molecular weight is 837 g/mol. The predicted molar refractivity (Wildman–Crippen MR) is 220 cm³/mol. The monoisotopic (exact) mass is 836 g/mol. The summed E-state index contributed by atoms with van der Waals surface area (Å²) in [4.78, 5) is 62.7. The predicted octanol–water partition coefficient (Wildman–Crippen LogP) is 3.40. The van der Waals surface area contributed by atoms with Gasteiger partial charge in [0.15, 0.2) is 5.78 Å². The molecule has 0 aliphatic carbocycles. The number of methoxy groups -OCH3 is 1. The Morgan fingerprint density at radius 1 is 0.847 bits per heavy atom. The van der Waals surface area contributed by atoms with Crippen LogP contribution in [0.2, 0.25) is 5.02 Å². The lowest BCUT2D eigenvalue weighted by atomic mass is 9.96.